The van der Waals surface area contributed by atoms with Crippen molar-refractivity contribution < 1.29 is 21.4 Å². The molecule has 1 aromatic heterocycles. The molecule has 1 heterocycles. The van der Waals surface area contributed by atoms with Crippen molar-refractivity contribution in [2.45, 2.75) is 25.2 Å². The van der Waals surface area contributed by atoms with Crippen molar-refractivity contribution in [3.8, 4) is 0 Å². The average molecular weight is 387 g/mol. The molecule has 0 amide bonds. The molecule has 138 valence electrons. The fourth-order valence-electron chi connectivity index (χ4n) is 2.19. The van der Waals surface area contributed by atoms with E-state index in [1.54, 1.807) is 19.1 Å². The van der Waals surface area contributed by atoms with Gasteiger partial charge in [0.25, 0.3) is 0 Å². The highest BCUT2D eigenvalue weighted by Gasteiger charge is 2.22. The third-order valence-corrected chi connectivity index (χ3v) is 6.17. The first-order valence-electron chi connectivity index (χ1n) is 7.63. The van der Waals surface area contributed by atoms with Crippen LogP contribution in [0.3, 0.4) is 0 Å². The molecule has 2 aromatic rings. The van der Waals surface area contributed by atoms with Crippen LogP contribution in [0.5, 0.6) is 0 Å². The van der Waals surface area contributed by atoms with Gasteiger partial charge in [0, 0.05) is 19.2 Å². The minimum absolute atomic E-state index is 0.100. The van der Waals surface area contributed by atoms with E-state index >= 15 is 0 Å². The number of aromatic nitrogens is 1. The molecule has 0 spiro atoms. The minimum Gasteiger partial charge on any atom is -0.360 e. The average Bonchev–Trinajstić information content (AvgIpc) is 2.96. The van der Waals surface area contributed by atoms with E-state index in [0.717, 1.165) is 22.5 Å². The highest BCUT2D eigenvalue weighted by molar-refractivity contribution is 7.92. The summed E-state index contributed by atoms with van der Waals surface area (Å²) >= 11 is 0. The highest BCUT2D eigenvalue weighted by Crippen LogP contribution is 2.16. The van der Waals surface area contributed by atoms with Crippen molar-refractivity contribution in [1.82, 2.24) is 9.88 Å². The minimum atomic E-state index is -3.72. The summed E-state index contributed by atoms with van der Waals surface area (Å²) in [5, 5.41) is 3.67. The Morgan fingerprint density at radius 2 is 1.80 bits per heavy atom. The number of rotatable bonds is 8. The summed E-state index contributed by atoms with van der Waals surface area (Å²) in [5.74, 6) is 0.576. The van der Waals surface area contributed by atoms with Crippen LogP contribution in [0.25, 0.3) is 0 Å². The Morgan fingerprint density at radius 1 is 1.16 bits per heavy atom. The van der Waals surface area contributed by atoms with Gasteiger partial charge in [0.05, 0.1) is 11.2 Å². The molecule has 0 saturated heterocycles. The summed E-state index contributed by atoms with van der Waals surface area (Å²) in [4.78, 5) is 0.132. The van der Waals surface area contributed by atoms with Crippen LogP contribution in [0, 0.1) is 6.92 Å². The molecule has 1 N–H and O–H groups in total. The van der Waals surface area contributed by atoms with E-state index in [9.17, 15) is 16.8 Å². The quantitative estimate of drug-likeness (QED) is 0.731. The van der Waals surface area contributed by atoms with Crippen LogP contribution in [-0.2, 0) is 26.5 Å². The van der Waals surface area contributed by atoms with Gasteiger partial charge in [-0.05, 0) is 31.0 Å². The summed E-state index contributed by atoms with van der Waals surface area (Å²) in [5.41, 5.74) is 1.03. The molecule has 0 saturated carbocycles. The van der Waals surface area contributed by atoms with Crippen LogP contribution in [0.4, 0.5) is 5.82 Å². The van der Waals surface area contributed by atoms with Crippen LogP contribution in [0.15, 0.2) is 39.8 Å². The first-order valence-corrected chi connectivity index (χ1v) is 11.0. The van der Waals surface area contributed by atoms with E-state index < -0.39 is 20.0 Å². The number of nitrogens with zero attached hydrogens (tertiary/aromatic N) is 2. The summed E-state index contributed by atoms with van der Waals surface area (Å²) in [6, 6.07) is 8.01. The first-order chi connectivity index (χ1) is 11.6. The van der Waals surface area contributed by atoms with E-state index in [-0.39, 0.29) is 23.8 Å². The molecular formula is C15H21N3O5S2. The summed E-state index contributed by atoms with van der Waals surface area (Å²) < 4.78 is 56.7. The van der Waals surface area contributed by atoms with Crippen molar-refractivity contribution >= 4 is 25.9 Å². The number of nitrogens with one attached hydrogen (secondary N) is 1. The van der Waals surface area contributed by atoms with Gasteiger partial charge < -0.3 is 4.52 Å². The summed E-state index contributed by atoms with van der Waals surface area (Å²) in [6.45, 7) is 3.42. The van der Waals surface area contributed by atoms with Crippen molar-refractivity contribution in [2.75, 3.05) is 23.7 Å². The Morgan fingerprint density at radius 3 is 2.28 bits per heavy atom. The van der Waals surface area contributed by atoms with Gasteiger partial charge in [0.15, 0.2) is 5.82 Å². The first kappa shape index (κ1) is 19.4. The second-order valence-corrected chi connectivity index (χ2v) is 9.20. The molecule has 0 atom stereocenters. The van der Waals surface area contributed by atoms with Crippen LogP contribution >= 0.6 is 0 Å². The summed E-state index contributed by atoms with van der Waals surface area (Å²) in [6.07, 6.45) is 1.84. The monoisotopic (exact) mass is 387 g/mol. The lowest BCUT2D eigenvalue weighted by Gasteiger charge is -2.19. The lowest BCUT2D eigenvalue weighted by Crippen LogP contribution is -2.38. The maximum absolute atomic E-state index is 12.3. The zero-order chi connectivity index (χ0) is 18.7. The van der Waals surface area contributed by atoms with Crippen LogP contribution in [-0.4, -0.2) is 41.3 Å². The van der Waals surface area contributed by atoms with Gasteiger partial charge in [-0.3, -0.25) is 0 Å². The Balaban J connectivity index is 2.08. The molecule has 1 aromatic carbocycles. The van der Waals surface area contributed by atoms with E-state index in [1.165, 1.54) is 18.2 Å². The van der Waals surface area contributed by atoms with Crippen molar-refractivity contribution in [1.29, 1.82) is 0 Å². The predicted octanol–water partition coefficient (Wildman–Crippen LogP) is 1.29. The molecule has 8 nitrogen and oxygen atoms in total. The van der Waals surface area contributed by atoms with E-state index in [2.05, 4.69) is 9.88 Å². The number of aryl methyl sites for hydroxylation is 2. The number of hydrogen-bond acceptors (Lipinski definition) is 6. The standard InChI is InChI=1S/C15H21N3O5S2/c1-4-13-5-7-14(8-6-13)25(21,22)16-9-10-18(24(3,19)20)15-11-12(2)23-17-15/h5-8,11,16H,4,9-10H2,1-3H3. The fourth-order valence-corrected chi connectivity index (χ4v) is 4.06. The maximum atomic E-state index is 12.3. The smallest absolute Gasteiger partial charge is 0.240 e. The second-order valence-electron chi connectivity index (χ2n) is 5.53. The predicted molar refractivity (Wildman–Crippen MR) is 94.4 cm³/mol. The van der Waals surface area contributed by atoms with Crippen molar-refractivity contribution in [3.63, 3.8) is 0 Å². The molecule has 0 aliphatic rings. The molecule has 0 aliphatic heterocycles. The van der Waals surface area contributed by atoms with Gasteiger partial charge in [-0.15, -0.1) is 0 Å². The van der Waals surface area contributed by atoms with Gasteiger partial charge in [-0.2, -0.15) is 0 Å². The van der Waals surface area contributed by atoms with Gasteiger partial charge >= 0.3 is 0 Å². The summed E-state index contributed by atoms with van der Waals surface area (Å²) in [7, 11) is -7.34. The number of hydrogen-bond donors (Lipinski definition) is 1. The van der Waals surface area contributed by atoms with Crippen molar-refractivity contribution in [3.05, 3.63) is 41.7 Å². The molecule has 0 unspecified atom stereocenters. The zero-order valence-corrected chi connectivity index (χ0v) is 15.9. The highest BCUT2D eigenvalue weighted by atomic mass is 32.2. The van der Waals surface area contributed by atoms with Crippen molar-refractivity contribution in [2.24, 2.45) is 0 Å². The number of sulfonamides is 2. The van der Waals surface area contributed by atoms with Gasteiger partial charge in [-0.1, -0.05) is 24.2 Å². The van der Waals surface area contributed by atoms with Crippen LogP contribution in [0.1, 0.15) is 18.2 Å². The lowest BCUT2D eigenvalue weighted by molar-refractivity contribution is 0.398. The third-order valence-electron chi connectivity index (χ3n) is 3.52. The molecule has 2 rings (SSSR count). The van der Waals surface area contributed by atoms with E-state index in [1.807, 2.05) is 6.92 Å². The Bertz CT molecular complexity index is 918. The number of anilines is 1. The normalized spacial score (nSPS) is 12.3. The zero-order valence-electron chi connectivity index (χ0n) is 14.3. The Kier molecular flexibility index (Phi) is 5.86. The van der Waals surface area contributed by atoms with Crippen LogP contribution < -0.4 is 9.03 Å². The SMILES string of the molecule is CCc1ccc(S(=O)(=O)NCCN(c2cc(C)on2)S(C)(=O)=O)cc1. The Labute approximate surface area is 147 Å². The molecule has 25 heavy (non-hydrogen) atoms. The molecule has 0 aliphatic carbocycles. The third kappa shape index (κ3) is 5.03. The van der Waals surface area contributed by atoms with E-state index in [0.29, 0.717) is 5.76 Å². The fraction of sp³-hybridized carbons (Fsp3) is 0.400. The number of benzene rings is 1. The molecule has 0 fully saturated rings. The molecule has 10 heteroatoms. The van der Waals surface area contributed by atoms with Gasteiger partial charge in [-0.25, -0.2) is 25.9 Å². The topological polar surface area (TPSA) is 110 Å². The van der Waals surface area contributed by atoms with Crippen LogP contribution in [0.2, 0.25) is 0 Å². The molecule has 0 radical (unpaired) electrons. The second kappa shape index (κ2) is 7.54. The largest absolute Gasteiger partial charge is 0.360 e. The molecular weight excluding hydrogens is 366 g/mol. The van der Waals surface area contributed by atoms with Gasteiger partial charge in [0.2, 0.25) is 20.0 Å². The van der Waals surface area contributed by atoms with E-state index in [4.69, 9.17) is 4.52 Å². The molecule has 0 bridgehead atoms. The van der Waals surface area contributed by atoms with Gasteiger partial charge in [0.1, 0.15) is 5.76 Å². The maximum Gasteiger partial charge on any atom is 0.240 e. The Hall–Kier alpha value is -1.91. The lowest BCUT2D eigenvalue weighted by atomic mass is 10.2.